The summed E-state index contributed by atoms with van der Waals surface area (Å²) in [5.74, 6) is 0.968. The Hall–Kier alpha value is -0.500. The third kappa shape index (κ3) is 3.86. The summed E-state index contributed by atoms with van der Waals surface area (Å²) in [5, 5.41) is 0. The fourth-order valence-electron chi connectivity index (χ4n) is 1.37. The predicted molar refractivity (Wildman–Crippen MR) is 68.6 cm³/mol. The Morgan fingerprint density at radius 2 is 1.80 bits per heavy atom. The summed E-state index contributed by atoms with van der Waals surface area (Å²) in [4.78, 5) is 0. The van der Waals surface area contributed by atoms with Crippen LogP contribution in [0, 0.1) is 19.3 Å². The summed E-state index contributed by atoms with van der Waals surface area (Å²) >= 11 is 3.54. The van der Waals surface area contributed by atoms with Crippen LogP contribution in [0.2, 0.25) is 0 Å². The van der Waals surface area contributed by atoms with Crippen molar-refractivity contribution in [3.05, 3.63) is 27.7 Å². The first kappa shape index (κ1) is 12.6. The van der Waals surface area contributed by atoms with E-state index in [0.717, 1.165) is 16.8 Å². The highest BCUT2D eigenvalue weighted by Gasteiger charge is 2.13. The Kier molecular flexibility index (Phi) is 3.82. The minimum atomic E-state index is 0.191. The summed E-state index contributed by atoms with van der Waals surface area (Å²) < 4.78 is 6.89. The molecule has 0 saturated heterocycles. The highest BCUT2D eigenvalue weighted by molar-refractivity contribution is 9.10. The van der Waals surface area contributed by atoms with Gasteiger partial charge in [-0.05, 0) is 52.4 Å². The van der Waals surface area contributed by atoms with E-state index in [9.17, 15) is 0 Å². The van der Waals surface area contributed by atoms with E-state index in [2.05, 4.69) is 62.7 Å². The predicted octanol–water partition coefficient (Wildman–Crippen LogP) is 4.49. The number of halogens is 1. The van der Waals surface area contributed by atoms with Crippen molar-refractivity contribution < 1.29 is 4.74 Å². The molecule has 1 aromatic rings. The maximum Gasteiger partial charge on any atom is 0.136 e. The van der Waals surface area contributed by atoms with Gasteiger partial charge in [-0.3, -0.25) is 0 Å². The van der Waals surface area contributed by atoms with Gasteiger partial charge < -0.3 is 4.74 Å². The van der Waals surface area contributed by atoms with Gasteiger partial charge >= 0.3 is 0 Å². The maximum absolute atomic E-state index is 5.84. The number of rotatable bonds is 2. The van der Waals surface area contributed by atoms with Gasteiger partial charge in [-0.1, -0.05) is 26.8 Å². The number of aryl methyl sites for hydroxylation is 2. The van der Waals surface area contributed by atoms with Crippen molar-refractivity contribution in [2.45, 2.75) is 34.6 Å². The Labute approximate surface area is 101 Å². The Balaban J connectivity index is 2.86. The summed E-state index contributed by atoms with van der Waals surface area (Å²) in [6, 6.07) is 4.23. The average Bonchev–Trinajstić information content (AvgIpc) is 1.99. The van der Waals surface area contributed by atoms with Crippen LogP contribution in [0.3, 0.4) is 0 Å². The Morgan fingerprint density at radius 3 is 2.27 bits per heavy atom. The van der Waals surface area contributed by atoms with Crippen LogP contribution in [0.5, 0.6) is 5.75 Å². The molecule has 0 N–H and O–H groups in total. The Morgan fingerprint density at radius 1 is 1.20 bits per heavy atom. The standard InChI is InChI=1S/C13H19BrO/c1-9-6-10(2)12(11(14)7-9)15-8-13(3,4)5/h6-7H,8H2,1-5H3. The lowest BCUT2D eigenvalue weighted by Gasteiger charge is -2.20. The number of hydrogen-bond donors (Lipinski definition) is 0. The molecule has 0 atom stereocenters. The molecule has 0 spiro atoms. The van der Waals surface area contributed by atoms with Crippen molar-refractivity contribution in [2.24, 2.45) is 5.41 Å². The van der Waals surface area contributed by atoms with Crippen molar-refractivity contribution in [3.63, 3.8) is 0 Å². The second kappa shape index (κ2) is 4.56. The van der Waals surface area contributed by atoms with E-state index in [1.807, 2.05) is 0 Å². The highest BCUT2D eigenvalue weighted by atomic mass is 79.9. The van der Waals surface area contributed by atoms with Gasteiger partial charge in [0.15, 0.2) is 0 Å². The van der Waals surface area contributed by atoms with Gasteiger partial charge in [-0.2, -0.15) is 0 Å². The zero-order valence-electron chi connectivity index (χ0n) is 10.1. The molecule has 0 aliphatic heterocycles. The Bertz CT molecular complexity index is 327. The number of benzene rings is 1. The molecule has 0 heterocycles. The molecule has 15 heavy (non-hydrogen) atoms. The zero-order valence-corrected chi connectivity index (χ0v) is 11.7. The van der Waals surface area contributed by atoms with E-state index in [0.29, 0.717) is 0 Å². The van der Waals surface area contributed by atoms with Crippen molar-refractivity contribution in [2.75, 3.05) is 6.61 Å². The zero-order chi connectivity index (χ0) is 11.6. The first-order chi connectivity index (χ1) is 6.79. The van der Waals surface area contributed by atoms with E-state index in [1.165, 1.54) is 11.1 Å². The van der Waals surface area contributed by atoms with E-state index >= 15 is 0 Å². The molecule has 84 valence electrons. The van der Waals surface area contributed by atoms with Crippen molar-refractivity contribution >= 4 is 15.9 Å². The minimum absolute atomic E-state index is 0.191. The molecule has 0 aromatic heterocycles. The summed E-state index contributed by atoms with van der Waals surface area (Å²) in [5.41, 5.74) is 2.63. The van der Waals surface area contributed by atoms with Crippen LogP contribution >= 0.6 is 15.9 Å². The van der Waals surface area contributed by atoms with Gasteiger partial charge in [0, 0.05) is 0 Å². The normalized spacial score (nSPS) is 11.6. The van der Waals surface area contributed by atoms with Crippen molar-refractivity contribution in [1.29, 1.82) is 0 Å². The minimum Gasteiger partial charge on any atom is -0.492 e. The van der Waals surface area contributed by atoms with Gasteiger partial charge in [0.05, 0.1) is 11.1 Å². The van der Waals surface area contributed by atoms with E-state index in [1.54, 1.807) is 0 Å². The molecule has 0 aliphatic rings. The van der Waals surface area contributed by atoms with E-state index in [4.69, 9.17) is 4.74 Å². The number of hydrogen-bond acceptors (Lipinski definition) is 1. The lowest BCUT2D eigenvalue weighted by atomic mass is 9.98. The van der Waals surface area contributed by atoms with Gasteiger partial charge in [-0.15, -0.1) is 0 Å². The fraction of sp³-hybridized carbons (Fsp3) is 0.538. The largest absolute Gasteiger partial charge is 0.492 e. The first-order valence-electron chi connectivity index (χ1n) is 5.19. The van der Waals surface area contributed by atoms with Gasteiger partial charge in [-0.25, -0.2) is 0 Å². The van der Waals surface area contributed by atoms with Crippen LogP contribution < -0.4 is 4.74 Å². The van der Waals surface area contributed by atoms with E-state index < -0.39 is 0 Å². The van der Waals surface area contributed by atoms with Crippen LogP contribution in [-0.4, -0.2) is 6.61 Å². The van der Waals surface area contributed by atoms with Crippen LogP contribution in [0.25, 0.3) is 0 Å². The van der Waals surface area contributed by atoms with Crippen LogP contribution in [0.4, 0.5) is 0 Å². The van der Waals surface area contributed by atoms with E-state index in [-0.39, 0.29) is 5.41 Å². The molecule has 0 unspecified atom stereocenters. The second-order valence-electron chi connectivity index (χ2n) is 5.24. The second-order valence-corrected chi connectivity index (χ2v) is 6.10. The maximum atomic E-state index is 5.84. The van der Waals surface area contributed by atoms with Crippen LogP contribution in [-0.2, 0) is 0 Å². The highest BCUT2D eigenvalue weighted by Crippen LogP contribution is 2.31. The summed E-state index contributed by atoms with van der Waals surface area (Å²) in [7, 11) is 0. The summed E-state index contributed by atoms with van der Waals surface area (Å²) in [6.45, 7) is 11.4. The monoisotopic (exact) mass is 270 g/mol. The molecule has 1 aromatic carbocycles. The van der Waals surface area contributed by atoms with Crippen molar-refractivity contribution in [1.82, 2.24) is 0 Å². The molecule has 0 radical (unpaired) electrons. The van der Waals surface area contributed by atoms with Crippen LogP contribution in [0.1, 0.15) is 31.9 Å². The van der Waals surface area contributed by atoms with Gasteiger partial charge in [0.2, 0.25) is 0 Å². The molecule has 1 nitrogen and oxygen atoms in total. The van der Waals surface area contributed by atoms with Gasteiger partial charge in [0.25, 0.3) is 0 Å². The third-order valence-electron chi connectivity index (χ3n) is 2.02. The molecule has 0 saturated carbocycles. The quantitative estimate of drug-likeness (QED) is 0.770. The van der Waals surface area contributed by atoms with Gasteiger partial charge in [0.1, 0.15) is 5.75 Å². The molecule has 1 rings (SSSR count). The SMILES string of the molecule is Cc1cc(C)c(OCC(C)(C)C)c(Br)c1. The topological polar surface area (TPSA) is 9.23 Å². The molecular weight excluding hydrogens is 252 g/mol. The fourth-order valence-corrected chi connectivity index (χ4v) is 2.16. The average molecular weight is 271 g/mol. The molecule has 0 amide bonds. The third-order valence-corrected chi connectivity index (χ3v) is 2.61. The summed E-state index contributed by atoms with van der Waals surface area (Å²) in [6.07, 6.45) is 0. The van der Waals surface area contributed by atoms with Crippen molar-refractivity contribution in [3.8, 4) is 5.75 Å². The lowest BCUT2D eigenvalue weighted by molar-refractivity contribution is 0.196. The molecule has 0 fully saturated rings. The molecular formula is C13H19BrO. The molecule has 0 aliphatic carbocycles. The molecule has 0 bridgehead atoms. The molecule has 2 heteroatoms. The van der Waals surface area contributed by atoms with Crippen LogP contribution in [0.15, 0.2) is 16.6 Å². The first-order valence-corrected chi connectivity index (χ1v) is 5.98. The smallest absolute Gasteiger partial charge is 0.136 e. The lowest BCUT2D eigenvalue weighted by Crippen LogP contribution is -2.17. The number of ether oxygens (including phenoxy) is 1.